The number of aryl methyl sites for hydroxylation is 2. The predicted molar refractivity (Wildman–Crippen MR) is 76.3 cm³/mol. The molecular formula is C15H19N3O. The number of hydrogen-bond donors (Lipinski definition) is 1. The highest BCUT2D eigenvalue weighted by Gasteiger charge is 2.04. The molecule has 0 saturated heterocycles. The van der Waals surface area contributed by atoms with Gasteiger partial charge in [0.25, 0.3) is 0 Å². The zero-order chi connectivity index (χ0) is 13.7. The molecule has 19 heavy (non-hydrogen) atoms. The van der Waals surface area contributed by atoms with E-state index in [9.17, 15) is 0 Å². The third kappa shape index (κ3) is 3.68. The Labute approximate surface area is 113 Å². The molecular weight excluding hydrogens is 238 g/mol. The molecule has 0 atom stereocenters. The van der Waals surface area contributed by atoms with Crippen molar-refractivity contribution in [2.45, 2.75) is 33.1 Å². The van der Waals surface area contributed by atoms with E-state index in [1.54, 1.807) is 6.07 Å². The molecule has 1 aromatic heterocycles. The van der Waals surface area contributed by atoms with Gasteiger partial charge in [-0.1, -0.05) is 26.0 Å². The van der Waals surface area contributed by atoms with E-state index in [1.165, 1.54) is 5.56 Å². The Hall–Kier alpha value is -2.10. The Morgan fingerprint density at radius 1 is 1.11 bits per heavy atom. The fourth-order valence-electron chi connectivity index (χ4n) is 1.79. The van der Waals surface area contributed by atoms with Crippen LogP contribution in [0.25, 0.3) is 0 Å². The molecule has 1 aromatic carbocycles. The molecule has 4 heteroatoms. The van der Waals surface area contributed by atoms with E-state index < -0.39 is 0 Å². The van der Waals surface area contributed by atoms with Gasteiger partial charge in [-0.25, -0.2) is 4.98 Å². The second kappa shape index (κ2) is 6.18. The second-order valence-electron chi connectivity index (χ2n) is 4.40. The van der Waals surface area contributed by atoms with Crippen molar-refractivity contribution in [1.82, 2.24) is 9.97 Å². The van der Waals surface area contributed by atoms with Gasteiger partial charge in [-0.15, -0.1) is 0 Å². The van der Waals surface area contributed by atoms with Gasteiger partial charge in [0.1, 0.15) is 17.4 Å². The maximum atomic E-state index is 5.76. The predicted octanol–water partition coefficient (Wildman–Crippen LogP) is 3.37. The average Bonchev–Trinajstić information content (AvgIpc) is 2.39. The lowest BCUT2D eigenvalue weighted by molar-refractivity contribution is 0.458. The third-order valence-corrected chi connectivity index (χ3v) is 2.80. The quantitative estimate of drug-likeness (QED) is 0.892. The molecule has 0 bridgehead atoms. The van der Waals surface area contributed by atoms with Crippen molar-refractivity contribution in [2.75, 3.05) is 5.73 Å². The summed E-state index contributed by atoms with van der Waals surface area (Å²) in [6.45, 7) is 4.20. The number of ether oxygens (including phenoxy) is 1. The number of hydrogen-bond acceptors (Lipinski definition) is 4. The lowest BCUT2D eigenvalue weighted by Crippen LogP contribution is -2.01. The van der Waals surface area contributed by atoms with E-state index in [-0.39, 0.29) is 0 Å². The molecule has 2 rings (SSSR count). The number of rotatable bonds is 5. The molecule has 0 aliphatic heterocycles. The first-order valence-electron chi connectivity index (χ1n) is 6.61. The van der Waals surface area contributed by atoms with Gasteiger partial charge in [-0.05, 0) is 30.5 Å². The van der Waals surface area contributed by atoms with Gasteiger partial charge in [0, 0.05) is 12.5 Å². The smallest absolute Gasteiger partial charge is 0.224 e. The minimum Gasteiger partial charge on any atom is -0.439 e. The van der Waals surface area contributed by atoms with Crippen molar-refractivity contribution in [1.29, 1.82) is 0 Å². The van der Waals surface area contributed by atoms with Crippen LogP contribution in [0.4, 0.5) is 5.82 Å². The van der Waals surface area contributed by atoms with Crippen LogP contribution in [0.15, 0.2) is 30.3 Å². The maximum absolute atomic E-state index is 5.76. The van der Waals surface area contributed by atoms with E-state index in [0.29, 0.717) is 11.7 Å². The zero-order valence-electron chi connectivity index (χ0n) is 11.4. The molecule has 0 radical (unpaired) electrons. The molecule has 0 aliphatic rings. The van der Waals surface area contributed by atoms with Crippen LogP contribution in [-0.2, 0) is 12.8 Å². The van der Waals surface area contributed by atoms with Gasteiger partial charge in [0.2, 0.25) is 5.88 Å². The second-order valence-corrected chi connectivity index (χ2v) is 4.40. The Kier molecular flexibility index (Phi) is 4.34. The number of benzene rings is 1. The first-order chi connectivity index (χ1) is 9.21. The fraction of sp³-hybridized carbons (Fsp3) is 0.333. The van der Waals surface area contributed by atoms with Crippen LogP contribution >= 0.6 is 0 Å². The largest absolute Gasteiger partial charge is 0.439 e. The normalized spacial score (nSPS) is 10.4. The Balaban J connectivity index is 2.17. The summed E-state index contributed by atoms with van der Waals surface area (Å²) in [5, 5.41) is 0. The van der Waals surface area contributed by atoms with Crippen molar-refractivity contribution in [3.63, 3.8) is 0 Å². The van der Waals surface area contributed by atoms with Crippen LogP contribution in [0.3, 0.4) is 0 Å². The summed E-state index contributed by atoms with van der Waals surface area (Å²) in [5.41, 5.74) is 7.04. The summed E-state index contributed by atoms with van der Waals surface area (Å²) in [6.07, 6.45) is 2.80. The summed E-state index contributed by atoms with van der Waals surface area (Å²) in [6, 6.07) is 9.62. The summed E-state index contributed by atoms with van der Waals surface area (Å²) >= 11 is 0. The lowest BCUT2D eigenvalue weighted by Gasteiger charge is -2.07. The maximum Gasteiger partial charge on any atom is 0.224 e. The van der Waals surface area contributed by atoms with Gasteiger partial charge in [-0.2, -0.15) is 4.98 Å². The van der Waals surface area contributed by atoms with Crippen molar-refractivity contribution in [3.8, 4) is 11.6 Å². The minimum atomic E-state index is 0.443. The van der Waals surface area contributed by atoms with E-state index in [0.717, 1.165) is 30.8 Å². The lowest BCUT2D eigenvalue weighted by atomic mass is 10.2. The van der Waals surface area contributed by atoms with Crippen LogP contribution in [0.5, 0.6) is 11.6 Å². The fourth-order valence-corrected chi connectivity index (χ4v) is 1.79. The Bertz CT molecular complexity index is 538. The van der Waals surface area contributed by atoms with E-state index in [4.69, 9.17) is 10.5 Å². The molecule has 0 unspecified atom stereocenters. The van der Waals surface area contributed by atoms with Crippen LogP contribution < -0.4 is 10.5 Å². The van der Waals surface area contributed by atoms with Crippen molar-refractivity contribution < 1.29 is 4.74 Å². The molecule has 0 aliphatic carbocycles. The Morgan fingerprint density at radius 3 is 2.47 bits per heavy atom. The highest BCUT2D eigenvalue weighted by Crippen LogP contribution is 2.21. The third-order valence-electron chi connectivity index (χ3n) is 2.80. The summed E-state index contributed by atoms with van der Waals surface area (Å²) in [7, 11) is 0. The molecule has 0 spiro atoms. The molecule has 2 aromatic rings. The summed E-state index contributed by atoms with van der Waals surface area (Å²) < 4.78 is 5.71. The highest BCUT2D eigenvalue weighted by atomic mass is 16.5. The van der Waals surface area contributed by atoms with E-state index in [1.807, 2.05) is 24.3 Å². The molecule has 100 valence electrons. The van der Waals surface area contributed by atoms with Crippen LogP contribution in [-0.4, -0.2) is 9.97 Å². The number of anilines is 1. The molecule has 0 saturated carbocycles. The number of nitrogens with two attached hydrogens (primary N) is 1. The van der Waals surface area contributed by atoms with Crippen molar-refractivity contribution >= 4 is 5.82 Å². The summed E-state index contributed by atoms with van der Waals surface area (Å²) in [5.74, 6) is 2.43. The van der Waals surface area contributed by atoms with E-state index in [2.05, 4.69) is 23.8 Å². The zero-order valence-corrected chi connectivity index (χ0v) is 11.4. The van der Waals surface area contributed by atoms with Gasteiger partial charge in [0.15, 0.2) is 0 Å². The monoisotopic (exact) mass is 257 g/mol. The standard InChI is InChI=1S/C15H19N3O/c1-3-5-14-17-13(16)10-15(18-14)19-12-8-6-11(4-2)7-9-12/h6-10H,3-5H2,1-2H3,(H2,16,17,18). The first kappa shape index (κ1) is 13.3. The first-order valence-corrected chi connectivity index (χ1v) is 6.61. The van der Waals surface area contributed by atoms with Crippen LogP contribution in [0.1, 0.15) is 31.7 Å². The SMILES string of the molecule is CCCc1nc(N)cc(Oc2ccc(CC)cc2)n1. The molecule has 1 heterocycles. The molecule has 2 N–H and O–H groups in total. The molecule has 0 amide bonds. The number of nitrogen functional groups attached to an aromatic ring is 1. The number of nitrogens with zero attached hydrogens (tertiary/aromatic N) is 2. The van der Waals surface area contributed by atoms with Crippen molar-refractivity contribution in [2.24, 2.45) is 0 Å². The van der Waals surface area contributed by atoms with Gasteiger partial charge in [0.05, 0.1) is 0 Å². The van der Waals surface area contributed by atoms with Crippen LogP contribution in [0, 0.1) is 0 Å². The van der Waals surface area contributed by atoms with Crippen molar-refractivity contribution in [3.05, 3.63) is 41.7 Å². The number of aromatic nitrogens is 2. The molecule has 4 nitrogen and oxygen atoms in total. The average molecular weight is 257 g/mol. The van der Waals surface area contributed by atoms with Gasteiger partial charge < -0.3 is 10.5 Å². The summed E-state index contributed by atoms with van der Waals surface area (Å²) in [4.78, 5) is 8.53. The van der Waals surface area contributed by atoms with Gasteiger partial charge in [-0.3, -0.25) is 0 Å². The van der Waals surface area contributed by atoms with Gasteiger partial charge >= 0.3 is 0 Å². The van der Waals surface area contributed by atoms with E-state index >= 15 is 0 Å². The molecule has 0 fully saturated rings. The van der Waals surface area contributed by atoms with Crippen LogP contribution in [0.2, 0.25) is 0 Å². The topological polar surface area (TPSA) is 61.0 Å². The highest BCUT2D eigenvalue weighted by molar-refractivity contribution is 5.36. The Morgan fingerprint density at radius 2 is 1.84 bits per heavy atom. The minimum absolute atomic E-state index is 0.443.